The fraction of sp³-hybridized carbons (Fsp3) is 0.550. The Morgan fingerprint density at radius 3 is 2.43 bits per heavy atom. The van der Waals surface area contributed by atoms with E-state index in [1.54, 1.807) is 33.2 Å². The van der Waals surface area contributed by atoms with E-state index in [0.717, 1.165) is 43.1 Å². The third kappa shape index (κ3) is 4.62. The Morgan fingerprint density at radius 2 is 1.86 bits per heavy atom. The predicted octanol–water partition coefficient (Wildman–Crippen LogP) is 2.34. The summed E-state index contributed by atoms with van der Waals surface area (Å²) in [6.45, 7) is 2.50. The summed E-state index contributed by atoms with van der Waals surface area (Å²) in [5.41, 5.74) is 1.14. The van der Waals surface area contributed by atoms with Crippen molar-refractivity contribution in [3.05, 3.63) is 41.5 Å². The van der Waals surface area contributed by atoms with Crippen LogP contribution >= 0.6 is 0 Å². The Balaban J connectivity index is 1.75. The molecule has 0 N–H and O–H groups in total. The smallest absolute Gasteiger partial charge is 0.319 e. The normalized spacial score (nSPS) is 14.9. The number of piperidine rings is 1. The van der Waals surface area contributed by atoms with Crippen molar-refractivity contribution in [2.24, 2.45) is 0 Å². The van der Waals surface area contributed by atoms with Gasteiger partial charge >= 0.3 is 6.03 Å². The monoisotopic (exact) mass is 387 g/mol. The largest absolute Gasteiger partial charge is 0.497 e. The number of hydrogen-bond donors (Lipinski definition) is 0. The molecule has 8 heteroatoms. The van der Waals surface area contributed by atoms with Crippen LogP contribution in [0.15, 0.2) is 24.3 Å². The van der Waals surface area contributed by atoms with Crippen LogP contribution in [0, 0.1) is 0 Å². The predicted molar refractivity (Wildman–Crippen MR) is 105 cm³/mol. The van der Waals surface area contributed by atoms with Gasteiger partial charge in [-0.25, -0.2) is 14.5 Å². The molecule has 1 aromatic carbocycles. The lowest BCUT2D eigenvalue weighted by Gasteiger charge is -2.33. The molecule has 0 radical (unpaired) electrons. The molecule has 1 saturated heterocycles. The van der Waals surface area contributed by atoms with Crippen LogP contribution in [-0.4, -0.2) is 72.0 Å². The maximum atomic E-state index is 12.2. The molecule has 0 aliphatic carbocycles. The fourth-order valence-electron chi connectivity index (χ4n) is 3.53. The van der Waals surface area contributed by atoms with E-state index >= 15 is 0 Å². The zero-order chi connectivity index (χ0) is 20.1. The second-order valence-electron chi connectivity index (χ2n) is 7.26. The van der Waals surface area contributed by atoms with Crippen molar-refractivity contribution in [3.8, 4) is 5.75 Å². The maximum Gasteiger partial charge on any atom is 0.319 e. The molecule has 0 spiro atoms. The van der Waals surface area contributed by atoms with Gasteiger partial charge in [0.2, 0.25) is 0 Å². The number of hydrogen-bond acceptors (Lipinski definition) is 5. The molecular weight excluding hydrogens is 358 g/mol. The molecular formula is C20H29N5O3. The lowest BCUT2D eigenvalue weighted by atomic mass is 9.96. The number of aromatic nitrogens is 3. The zero-order valence-corrected chi connectivity index (χ0v) is 17.1. The van der Waals surface area contributed by atoms with Gasteiger partial charge in [0.15, 0.2) is 5.82 Å². The van der Waals surface area contributed by atoms with Crippen molar-refractivity contribution in [1.29, 1.82) is 0 Å². The first-order valence-corrected chi connectivity index (χ1v) is 9.53. The molecule has 0 saturated carbocycles. The van der Waals surface area contributed by atoms with Crippen molar-refractivity contribution >= 4 is 6.03 Å². The molecule has 1 aliphatic heterocycles. The summed E-state index contributed by atoms with van der Waals surface area (Å²) in [6.07, 6.45) is 1.76. The third-order valence-electron chi connectivity index (χ3n) is 5.02. The molecule has 0 unspecified atom stereocenters. The molecule has 152 valence electrons. The number of methoxy groups -OCH3 is 2. The van der Waals surface area contributed by atoms with Crippen LogP contribution in [0.5, 0.6) is 5.75 Å². The molecule has 1 aromatic heterocycles. The zero-order valence-electron chi connectivity index (χ0n) is 17.1. The first-order chi connectivity index (χ1) is 13.5. The molecule has 0 atom stereocenters. The van der Waals surface area contributed by atoms with Crippen molar-refractivity contribution in [3.63, 3.8) is 0 Å². The summed E-state index contributed by atoms with van der Waals surface area (Å²) in [6, 6.07) is 8.05. The molecule has 2 heterocycles. The van der Waals surface area contributed by atoms with Gasteiger partial charge in [-0.15, -0.1) is 0 Å². The molecule has 28 heavy (non-hydrogen) atoms. The Kier molecular flexibility index (Phi) is 6.51. The summed E-state index contributed by atoms with van der Waals surface area (Å²) in [5, 5.41) is 4.66. The van der Waals surface area contributed by atoms with Gasteiger partial charge in [0, 0.05) is 40.2 Å². The van der Waals surface area contributed by atoms with Gasteiger partial charge in [-0.05, 0) is 30.5 Å². The first kappa shape index (κ1) is 20.1. The second-order valence-corrected chi connectivity index (χ2v) is 7.26. The number of carbonyl (C=O) groups excluding carboxylic acids is 1. The van der Waals surface area contributed by atoms with Gasteiger partial charge in [-0.3, -0.25) is 0 Å². The summed E-state index contributed by atoms with van der Waals surface area (Å²) in [7, 11) is 6.89. The van der Waals surface area contributed by atoms with Crippen LogP contribution in [0.2, 0.25) is 0 Å². The second kappa shape index (κ2) is 9.05. The number of nitrogens with zero attached hydrogens (tertiary/aromatic N) is 5. The Bertz CT molecular complexity index is 780. The van der Waals surface area contributed by atoms with Crippen LogP contribution in [-0.2, 0) is 17.9 Å². The first-order valence-electron chi connectivity index (χ1n) is 9.53. The molecule has 3 rings (SSSR count). The topological polar surface area (TPSA) is 72.7 Å². The third-order valence-corrected chi connectivity index (χ3v) is 5.02. The van der Waals surface area contributed by atoms with E-state index in [-0.39, 0.29) is 11.9 Å². The number of benzene rings is 1. The van der Waals surface area contributed by atoms with Crippen molar-refractivity contribution in [1.82, 2.24) is 24.6 Å². The minimum atomic E-state index is 0.0678. The average Bonchev–Trinajstić information content (AvgIpc) is 3.10. The summed E-state index contributed by atoms with van der Waals surface area (Å²) < 4.78 is 12.4. The van der Waals surface area contributed by atoms with Gasteiger partial charge in [0.1, 0.15) is 18.2 Å². The Morgan fingerprint density at radius 1 is 1.18 bits per heavy atom. The minimum Gasteiger partial charge on any atom is -0.497 e. The summed E-state index contributed by atoms with van der Waals surface area (Å²) >= 11 is 0. The quantitative estimate of drug-likeness (QED) is 0.761. The number of likely N-dealkylation sites (tertiary alicyclic amines) is 1. The van der Waals surface area contributed by atoms with Crippen molar-refractivity contribution in [2.45, 2.75) is 31.9 Å². The minimum absolute atomic E-state index is 0.0678. The number of rotatable bonds is 6. The number of amides is 2. The maximum absolute atomic E-state index is 12.2. The molecule has 0 bridgehead atoms. The highest BCUT2D eigenvalue weighted by Gasteiger charge is 2.28. The van der Waals surface area contributed by atoms with Gasteiger partial charge in [-0.1, -0.05) is 12.1 Å². The van der Waals surface area contributed by atoms with E-state index < -0.39 is 0 Å². The highest BCUT2D eigenvalue weighted by Crippen LogP contribution is 2.28. The number of urea groups is 1. The van der Waals surface area contributed by atoms with Crippen LogP contribution in [0.1, 0.15) is 36.0 Å². The highest BCUT2D eigenvalue weighted by molar-refractivity contribution is 5.73. The highest BCUT2D eigenvalue weighted by atomic mass is 16.5. The van der Waals surface area contributed by atoms with E-state index in [1.165, 1.54) is 0 Å². The number of ether oxygens (including phenoxy) is 2. The average molecular weight is 387 g/mol. The van der Waals surface area contributed by atoms with Gasteiger partial charge in [0.25, 0.3) is 0 Å². The lowest BCUT2D eigenvalue weighted by molar-refractivity contribution is 0.155. The van der Waals surface area contributed by atoms with Gasteiger partial charge < -0.3 is 19.3 Å². The summed E-state index contributed by atoms with van der Waals surface area (Å²) in [4.78, 5) is 20.5. The number of carbonyl (C=O) groups is 1. The van der Waals surface area contributed by atoms with Gasteiger partial charge in [0.05, 0.1) is 13.7 Å². The van der Waals surface area contributed by atoms with E-state index in [0.29, 0.717) is 19.0 Å². The van der Waals surface area contributed by atoms with E-state index in [1.807, 2.05) is 33.8 Å². The van der Waals surface area contributed by atoms with Gasteiger partial charge in [-0.2, -0.15) is 5.10 Å². The Hall–Kier alpha value is -2.61. The Labute approximate surface area is 166 Å². The summed E-state index contributed by atoms with van der Waals surface area (Å²) in [5.74, 6) is 2.78. The van der Waals surface area contributed by atoms with E-state index in [2.05, 4.69) is 5.10 Å². The molecule has 1 fully saturated rings. The molecule has 1 aliphatic rings. The van der Waals surface area contributed by atoms with Crippen molar-refractivity contribution in [2.75, 3.05) is 41.4 Å². The molecule has 2 aromatic rings. The van der Waals surface area contributed by atoms with E-state index in [9.17, 15) is 4.79 Å². The lowest BCUT2D eigenvalue weighted by Crippen LogP contribution is -2.43. The standard InChI is InChI=1S/C20H29N5O3/c1-23(2)20(26)24-11-9-16(10-12-24)19-21-18(14-27-3)22-25(19)13-15-5-7-17(28-4)8-6-15/h5-8,16H,9-14H2,1-4H3. The van der Waals surface area contributed by atoms with Crippen LogP contribution in [0.3, 0.4) is 0 Å². The molecule has 8 nitrogen and oxygen atoms in total. The SMILES string of the molecule is COCc1nc(C2CCN(C(=O)N(C)C)CC2)n(Cc2ccc(OC)cc2)n1. The van der Waals surface area contributed by atoms with E-state index in [4.69, 9.17) is 14.5 Å². The van der Waals surface area contributed by atoms with Crippen LogP contribution in [0.4, 0.5) is 4.79 Å². The van der Waals surface area contributed by atoms with Crippen molar-refractivity contribution < 1.29 is 14.3 Å². The molecule has 2 amide bonds. The van der Waals surface area contributed by atoms with Crippen LogP contribution < -0.4 is 4.74 Å². The van der Waals surface area contributed by atoms with Crippen LogP contribution in [0.25, 0.3) is 0 Å². The fourth-order valence-corrected chi connectivity index (χ4v) is 3.53.